The monoisotopic (exact) mass is 361 g/mol. The molecule has 8 heteroatoms. The van der Waals surface area contributed by atoms with Crippen molar-refractivity contribution < 1.29 is 12.6 Å². The Morgan fingerprint density at radius 3 is 2.29 bits per heavy atom. The maximum Gasteiger partial charge on any atom is 0.339 e. The summed E-state index contributed by atoms with van der Waals surface area (Å²) in [6.07, 6.45) is 0. The van der Waals surface area contributed by atoms with E-state index in [1.807, 2.05) is 6.07 Å². The summed E-state index contributed by atoms with van der Waals surface area (Å²) in [6, 6.07) is 9.64. The summed E-state index contributed by atoms with van der Waals surface area (Å²) in [5.74, 6) is -0.0541. The fourth-order valence-electron chi connectivity index (χ4n) is 1.45. The van der Waals surface area contributed by atoms with Gasteiger partial charge in [-0.05, 0) is 36.4 Å². The number of hydrogen-bond acceptors (Lipinski definition) is 4. The van der Waals surface area contributed by atoms with E-state index in [1.54, 1.807) is 0 Å². The van der Waals surface area contributed by atoms with Gasteiger partial charge in [-0.25, -0.2) is 0 Å². The van der Waals surface area contributed by atoms with Crippen LogP contribution < -0.4 is 4.18 Å². The smallest absolute Gasteiger partial charge is 0.339 e. The molecule has 0 radical (unpaired) electrons. The van der Waals surface area contributed by atoms with Gasteiger partial charge in [0.1, 0.15) is 11.0 Å². The number of benzene rings is 2. The van der Waals surface area contributed by atoms with Crippen molar-refractivity contribution in [2.24, 2.45) is 0 Å². The first-order chi connectivity index (χ1) is 9.83. The second-order valence-electron chi connectivity index (χ2n) is 3.87. The quantitative estimate of drug-likeness (QED) is 0.764. The molecule has 0 unspecified atom stereocenters. The van der Waals surface area contributed by atoms with Gasteiger partial charge < -0.3 is 4.18 Å². The van der Waals surface area contributed by atoms with Crippen LogP contribution >= 0.6 is 34.8 Å². The van der Waals surface area contributed by atoms with Crippen molar-refractivity contribution in [2.75, 3.05) is 0 Å². The van der Waals surface area contributed by atoms with Crippen LogP contribution in [0.1, 0.15) is 5.56 Å². The second-order valence-corrected chi connectivity index (χ2v) is 6.66. The Hall–Kier alpha value is -1.45. The maximum atomic E-state index is 12.1. The highest BCUT2D eigenvalue weighted by molar-refractivity contribution is 7.87. The highest BCUT2D eigenvalue weighted by Gasteiger charge is 2.19. The minimum atomic E-state index is -4.12. The average molecular weight is 363 g/mol. The van der Waals surface area contributed by atoms with Crippen LogP contribution in [0.3, 0.4) is 0 Å². The summed E-state index contributed by atoms with van der Waals surface area (Å²) in [5, 5.41) is 9.20. The molecule has 0 spiro atoms. The normalized spacial score (nSPS) is 11.0. The van der Waals surface area contributed by atoms with Crippen LogP contribution in [0.5, 0.6) is 5.75 Å². The number of rotatable bonds is 3. The van der Waals surface area contributed by atoms with E-state index in [9.17, 15) is 8.42 Å². The SMILES string of the molecule is N#Cc1ccc(S(=O)(=O)Oc2ccc(Cl)cc2Cl)cc1Cl. The first kappa shape index (κ1) is 15.9. The van der Waals surface area contributed by atoms with E-state index in [4.69, 9.17) is 44.2 Å². The molecule has 0 saturated carbocycles. The van der Waals surface area contributed by atoms with Crippen molar-refractivity contribution in [3.05, 3.63) is 57.0 Å². The largest absolute Gasteiger partial charge is 0.377 e. The van der Waals surface area contributed by atoms with Gasteiger partial charge in [-0.1, -0.05) is 34.8 Å². The third kappa shape index (κ3) is 3.60. The van der Waals surface area contributed by atoms with Crippen molar-refractivity contribution >= 4 is 44.9 Å². The van der Waals surface area contributed by atoms with Gasteiger partial charge in [0.05, 0.1) is 15.6 Å². The lowest BCUT2D eigenvalue weighted by molar-refractivity contribution is 0.486. The number of halogens is 3. The summed E-state index contributed by atoms with van der Waals surface area (Å²) in [4.78, 5) is -0.183. The number of hydrogen-bond donors (Lipinski definition) is 0. The van der Waals surface area contributed by atoms with Crippen molar-refractivity contribution in [1.29, 1.82) is 5.26 Å². The predicted octanol–water partition coefficient (Wildman–Crippen LogP) is 4.29. The highest BCUT2D eigenvalue weighted by atomic mass is 35.5. The molecule has 0 heterocycles. The molecule has 0 aliphatic rings. The zero-order chi connectivity index (χ0) is 15.6. The molecule has 2 aromatic rings. The third-order valence-corrected chi connectivity index (χ3v) is 4.52. The minimum Gasteiger partial charge on any atom is -0.377 e. The van der Waals surface area contributed by atoms with Gasteiger partial charge in [0.25, 0.3) is 0 Å². The van der Waals surface area contributed by atoms with E-state index in [2.05, 4.69) is 0 Å². The van der Waals surface area contributed by atoms with E-state index < -0.39 is 10.1 Å². The van der Waals surface area contributed by atoms with E-state index in [1.165, 1.54) is 30.3 Å². The lowest BCUT2D eigenvalue weighted by atomic mass is 10.2. The zero-order valence-electron chi connectivity index (χ0n) is 10.2. The molecule has 0 bridgehead atoms. The topological polar surface area (TPSA) is 67.2 Å². The average Bonchev–Trinajstić information content (AvgIpc) is 2.42. The van der Waals surface area contributed by atoms with E-state index in [0.717, 1.165) is 6.07 Å². The Morgan fingerprint density at radius 2 is 1.71 bits per heavy atom. The Labute approximate surface area is 136 Å². The molecule has 0 atom stereocenters. The van der Waals surface area contributed by atoms with Crippen molar-refractivity contribution in [2.45, 2.75) is 4.90 Å². The van der Waals surface area contributed by atoms with Crippen LogP contribution in [0.15, 0.2) is 41.3 Å². The van der Waals surface area contributed by atoms with Crippen molar-refractivity contribution in [1.82, 2.24) is 0 Å². The molecule has 108 valence electrons. The van der Waals surface area contributed by atoms with E-state index in [0.29, 0.717) is 5.02 Å². The molecular weight excluding hydrogens is 357 g/mol. The van der Waals surface area contributed by atoms with Gasteiger partial charge in [0.15, 0.2) is 5.75 Å². The molecular formula is C13H6Cl3NO3S. The summed E-state index contributed by atoms with van der Waals surface area (Å²) in [7, 11) is -4.12. The summed E-state index contributed by atoms with van der Waals surface area (Å²) in [6.45, 7) is 0. The Balaban J connectivity index is 2.39. The van der Waals surface area contributed by atoms with E-state index >= 15 is 0 Å². The Kier molecular flexibility index (Phi) is 4.64. The predicted molar refractivity (Wildman–Crippen MR) is 80.4 cm³/mol. The van der Waals surface area contributed by atoms with Gasteiger partial charge in [0, 0.05) is 5.02 Å². The van der Waals surface area contributed by atoms with Gasteiger partial charge in [0.2, 0.25) is 0 Å². The van der Waals surface area contributed by atoms with Crippen LogP contribution in [-0.4, -0.2) is 8.42 Å². The van der Waals surface area contributed by atoms with Crippen LogP contribution in [0, 0.1) is 11.3 Å². The molecule has 0 aromatic heterocycles. The second kappa shape index (κ2) is 6.12. The van der Waals surface area contributed by atoms with Crippen molar-refractivity contribution in [3.8, 4) is 11.8 Å². The van der Waals surface area contributed by atoms with Gasteiger partial charge in [-0.3, -0.25) is 0 Å². The van der Waals surface area contributed by atoms with Crippen LogP contribution in [-0.2, 0) is 10.1 Å². The minimum absolute atomic E-state index is 0.0179. The molecule has 0 saturated heterocycles. The molecule has 21 heavy (non-hydrogen) atoms. The molecule has 0 aliphatic carbocycles. The van der Waals surface area contributed by atoms with Gasteiger partial charge in [-0.15, -0.1) is 0 Å². The molecule has 0 N–H and O–H groups in total. The number of nitriles is 1. The van der Waals surface area contributed by atoms with Gasteiger partial charge >= 0.3 is 10.1 Å². The van der Waals surface area contributed by atoms with Crippen LogP contribution in [0.25, 0.3) is 0 Å². The molecule has 0 fully saturated rings. The standard InChI is InChI=1S/C13H6Cl3NO3S/c14-9-2-4-13(12(16)5-9)20-21(18,19)10-3-1-8(7-17)11(15)6-10/h1-6H. The lowest BCUT2D eigenvalue weighted by Crippen LogP contribution is -2.10. The fraction of sp³-hybridized carbons (Fsp3) is 0. The first-order valence-electron chi connectivity index (χ1n) is 5.42. The number of nitrogens with zero attached hydrogens (tertiary/aromatic N) is 1. The molecule has 4 nitrogen and oxygen atoms in total. The zero-order valence-corrected chi connectivity index (χ0v) is 13.3. The lowest BCUT2D eigenvalue weighted by Gasteiger charge is -2.09. The maximum absolute atomic E-state index is 12.1. The van der Waals surface area contributed by atoms with Gasteiger partial charge in [-0.2, -0.15) is 13.7 Å². The third-order valence-electron chi connectivity index (χ3n) is 2.44. The summed E-state index contributed by atoms with van der Waals surface area (Å²) >= 11 is 17.4. The fourth-order valence-corrected chi connectivity index (χ4v) is 3.21. The summed E-state index contributed by atoms with van der Waals surface area (Å²) < 4.78 is 29.2. The molecule has 2 aromatic carbocycles. The van der Waals surface area contributed by atoms with Crippen LogP contribution in [0.2, 0.25) is 15.1 Å². The first-order valence-corrected chi connectivity index (χ1v) is 7.97. The van der Waals surface area contributed by atoms with E-state index in [-0.39, 0.29) is 26.3 Å². The molecule has 0 aliphatic heterocycles. The molecule has 0 amide bonds. The molecule has 2 rings (SSSR count). The Morgan fingerprint density at radius 1 is 1.00 bits per heavy atom. The van der Waals surface area contributed by atoms with Crippen LogP contribution in [0.4, 0.5) is 0 Å². The van der Waals surface area contributed by atoms with Crippen molar-refractivity contribution in [3.63, 3.8) is 0 Å². The summed E-state index contributed by atoms with van der Waals surface area (Å²) in [5.41, 5.74) is 0.167. The Bertz CT molecular complexity index is 844. The highest BCUT2D eigenvalue weighted by Crippen LogP contribution is 2.30.